The van der Waals surface area contributed by atoms with E-state index in [4.69, 9.17) is 17.0 Å². The summed E-state index contributed by atoms with van der Waals surface area (Å²) in [5, 5.41) is 5.72. The summed E-state index contributed by atoms with van der Waals surface area (Å²) in [5.41, 5.74) is 1.56. The second-order valence-corrected chi connectivity index (χ2v) is 5.41. The summed E-state index contributed by atoms with van der Waals surface area (Å²) in [6.45, 7) is 4.65. The van der Waals surface area contributed by atoms with Gasteiger partial charge in [-0.25, -0.2) is 4.98 Å². The van der Waals surface area contributed by atoms with E-state index < -0.39 is 0 Å². The average Bonchev–Trinajstić information content (AvgIpc) is 2.53. The van der Waals surface area contributed by atoms with E-state index in [0.29, 0.717) is 18.0 Å². The van der Waals surface area contributed by atoms with Crippen molar-refractivity contribution in [2.75, 3.05) is 11.9 Å². The molecule has 0 radical (unpaired) electrons. The number of carbonyl (C=O) groups is 1. The van der Waals surface area contributed by atoms with Gasteiger partial charge in [-0.3, -0.25) is 10.1 Å². The van der Waals surface area contributed by atoms with E-state index in [1.807, 2.05) is 26.0 Å². The van der Waals surface area contributed by atoms with Gasteiger partial charge in [0.1, 0.15) is 11.6 Å². The van der Waals surface area contributed by atoms with Crippen LogP contribution >= 0.6 is 12.2 Å². The third kappa shape index (κ3) is 5.34. The van der Waals surface area contributed by atoms with E-state index in [1.165, 1.54) is 0 Å². The molecule has 6 heteroatoms. The maximum atomic E-state index is 12.1. The fourth-order valence-corrected chi connectivity index (χ4v) is 2.05. The highest BCUT2D eigenvalue weighted by atomic mass is 32.1. The predicted molar refractivity (Wildman–Crippen MR) is 94.9 cm³/mol. The van der Waals surface area contributed by atoms with Gasteiger partial charge in [0, 0.05) is 11.8 Å². The fourth-order valence-electron chi connectivity index (χ4n) is 1.85. The van der Waals surface area contributed by atoms with Crippen molar-refractivity contribution < 1.29 is 9.53 Å². The van der Waals surface area contributed by atoms with Gasteiger partial charge < -0.3 is 10.1 Å². The molecule has 2 aromatic rings. The molecule has 2 rings (SSSR count). The Hall–Kier alpha value is -2.47. The van der Waals surface area contributed by atoms with Crippen molar-refractivity contribution in [1.82, 2.24) is 10.3 Å². The molecule has 23 heavy (non-hydrogen) atoms. The van der Waals surface area contributed by atoms with Crippen molar-refractivity contribution >= 4 is 29.1 Å². The van der Waals surface area contributed by atoms with Gasteiger partial charge in [-0.15, -0.1) is 0 Å². The molecule has 0 saturated heterocycles. The first-order chi connectivity index (χ1) is 11.1. The number of pyridine rings is 1. The molecule has 0 aliphatic heterocycles. The number of carbonyl (C=O) groups excluding carboxylic acids is 1. The first-order valence-corrected chi connectivity index (χ1v) is 7.77. The summed E-state index contributed by atoms with van der Waals surface area (Å²) in [5.74, 6) is 1.06. The van der Waals surface area contributed by atoms with Crippen LogP contribution in [-0.4, -0.2) is 22.6 Å². The lowest BCUT2D eigenvalue weighted by atomic mass is 10.2. The fraction of sp³-hybridized carbons (Fsp3) is 0.235. The van der Waals surface area contributed by atoms with E-state index >= 15 is 0 Å². The zero-order valence-corrected chi connectivity index (χ0v) is 13.9. The summed E-state index contributed by atoms with van der Waals surface area (Å²) in [6.07, 6.45) is 2.62. The molecule has 2 N–H and O–H groups in total. The lowest BCUT2D eigenvalue weighted by Crippen LogP contribution is -2.34. The van der Waals surface area contributed by atoms with Crippen LogP contribution in [0, 0.1) is 6.92 Å². The normalized spacial score (nSPS) is 10.0. The van der Waals surface area contributed by atoms with Gasteiger partial charge in [0.05, 0.1) is 6.61 Å². The molecule has 0 aliphatic rings. The van der Waals surface area contributed by atoms with Crippen LogP contribution in [0.15, 0.2) is 42.6 Å². The smallest absolute Gasteiger partial charge is 0.257 e. The molecule has 1 heterocycles. The first kappa shape index (κ1) is 16.9. The lowest BCUT2D eigenvalue weighted by Gasteiger charge is -2.10. The summed E-state index contributed by atoms with van der Waals surface area (Å²) in [6, 6.07) is 10.7. The number of thiocarbonyl (C=S) groups is 1. The van der Waals surface area contributed by atoms with Gasteiger partial charge in [-0.05, 0) is 67.5 Å². The number of hydrogen-bond donors (Lipinski definition) is 2. The van der Waals surface area contributed by atoms with Crippen molar-refractivity contribution in [2.45, 2.75) is 20.3 Å². The molecule has 120 valence electrons. The average molecular weight is 329 g/mol. The Balaban J connectivity index is 1.91. The second kappa shape index (κ2) is 8.24. The molecule has 0 atom stereocenters. The minimum Gasteiger partial charge on any atom is -0.494 e. The SMILES string of the molecule is CCCOc1ccc(C(=O)NC(=S)Nc2cc(C)ccn2)cc1. The van der Waals surface area contributed by atoms with E-state index in [1.54, 1.807) is 30.5 Å². The molecule has 0 fully saturated rings. The third-order valence-corrected chi connectivity index (χ3v) is 3.18. The first-order valence-electron chi connectivity index (χ1n) is 7.36. The highest BCUT2D eigenvalue weighted by Crippen LogP contribution is 2.12. The van der Waals surface area contributed by atoms with Gasteiger partial charge in [0.15, 0.2) is 5.11 Å². The van der Waals surface area contributed by atoms with Gasteiger partial charge in [-0.2, -0.15) is 0 Å². The Labute approximate surface area is 141 Å². The van der Waals surface area contributed by atoms with E-state index in [-0.39, 0.29) is 11.0 Å². The number of nitrogens with zero attached hydrogens (tertiary/aromatic N) is 1. The molecule has 0 saturated carbocycles. The second-order valence-electron chi connectivity index (χ2n) is 5.00. The number of aryl methyl sites for hydroxylation is 1. The van der Waals surface area contributed by atoms with Crippen LogP contribution in [0.2, 0.25) is 0 Å². The summed E-state index contributed by atoms with van der Waals surface area (Å²) >= 11 is 5.13. The Morgan fingerprint density at radius 1 is 1.26 bits per heavy atom. The van der Waals surface area contributed by atoms with Crippen molar-refractivity contribution in [3.63, 3.8) is 0 Å². The van der Waals surface area contributed by atoms with Crippen LogP contribution in [0.4, 0.5) is 5.82 Å². The zero-order valence-electron chi connectivity index (χ0n) is 13.1. The Kier molecular flexibility index (Phi) is 6.05. The summed E-state index contributed by atoms with van der Waals surface area (Å²) in [7, 11) is 0. The van der Waals surface area contributed by atoms with Crippen molar-refractivity contribution in [1.29, 1.82) is 0 Å². The Bertz CT molecular complexity index is 686. The highest BCUT2D eigenvalue weighted by molar-refractivity contribution is 7.80. The van der Waals surface area contributed by atoms with E-state index in [2.05, 4.69) is 15.6 Å². The Morgan fingerprint density at radius 2 is 2.00 bits per heavy atom. The minimum absolute atomic E-state index is 0.208. The number of ether oxygens (including phenoxy) is 1. The van der Waals surface area contributed by atoms with Gasteiger partial charge in [-0.1, -0.05) is 6.92 Å². The third-order valence-electron chi connectivity index (χ3n) is 2.97. The predicted octanol–water partition coefficient (Wildman–Crippen LogP) is 3.31. The quantitative estimate of drug-likeness (QED) is 0.824. The minimum atomic E-state index is -0.280. The number of hydrogen-bond acceptors (Lipinski definition) is 4. The maximum Gasteiger partial charge on any atom is 0.257 e. The molecule has 0 aliphatic carbocycles. The van der Waals surface area contributed by atoms with Crippen LogP contribution < -0.4 is 15.4 Å². The monoisotopic (exact) mass is 329 g/mol. The Morgan fingerprint density at radius 3 is 2.65 bits per heavy atom. The number of nitrogens with one attached hydrogen (secondary N) is 2. The van der Waals surface area contributed by atoms with Crippen molar-refractivity contribution in [3.8, 4) is 5.75 Å². The highest BCUT2D eigenvalue weighted by Gasteiger charge is 2.08. The number of benzene rings is 1. The molecule has 5 nitrogen and oxygen atoms in total. The molecule has 0 bridgehead atoms. The van der Waals surface area contributed by atoms with Crippen LogP contribution in [0.25, 0.3) is 0 Å². The van der Waals surface area contributed by atoms with Gasteiger partial charge >= 0.3 is 0 Å². The van der Waals surface area contributed by atoms with E-state index in [0.717, 1.165) is 17.7 Å². The van der Waals surface area contributed by atoms with Crippen molar-refractivity contribution in [2.24, 2.45) is 0 Å². The van der Waals surface area contributed by atoms with Crippen LogP contribution in [0.3, 0.4) is 0 Å². The number of rotatable bonds is 5. The summed E-state index contributed by atoms with van der Waals surface area (Å²) in [4.78, 5) is 16.3. The molecule has 1 aromatic heterocycles. The number of anilines is 1. The molecule has 1 aromatic carbocycles. The van der Waals surface area contributed by atoms with Crippen molar-refractivity contribution in [3.05, 3.63) is 53.7 Å². The molecule has 0 spiro atoms. The maximum absolute atomic E-state index is 12.1. The topological polar surface area (TPSA) is 63.2 Å². The van der Waals surface area contributed by atoms with Gasteiger partial charge in [0.2, 0.25) is 0 Å². The molecule has 0 unspecified atom stereocenters. The molecular weight excluding hydrogens is 310 g/mol. The van der Waals surface area contributed by atoms with Crippen LogP contribution in [0.1, 0.15) is 29.3 Å². The van der Waals surface area contributed by atoms with Crippen LogP contribution in [-0.2, 0) is 0 Å². The largest absolute Gasteiger partial charge is 0.494 e. The van der Waals surface area contributed by atoms with Crippen LogP contribution in [0.5, 0.6) is 5.75 Å². The zero-order chi connectivity index (χ0) is 16.7. The van der Waals surface area contributed by atoms with Gasteiger partial charge in [0.25, 0.3) is 5.91 Å². The number of aromatic nitrogens is 1. The molecular formula is C17H19N3O2S. The summed E-state index contributed by atoms with van der Waals surface area (Å²) < 4.78 is 5.48. The standard InChI is InChI=1S/C17H19N3O2S/c1-3-10-22-14-6-4-13(5-7-14)16(21)20-17(23)19-15-11-12(2)8-9-18-15/h4-9,11H,3,10H2,1-2H3,(H2,18,19,20,21,23). The number of amides is 1. The van der Waals surface area contributed by atoms with E-state index in [9.17, 15) is 4.79 Å². The lowest BCUT2D eigenvalue weighted by molar-refractivity contribution is 0.0977. The molecule has 1 amide bonds.